The molecule has 11 heteroatoms. The second kappa shape index (κ2) is 7.06. The molecule has 0 spiro atoms. The van der Waals surface area contributed by atoms with Gasteiger partial charge in [-0.05, 0) is 24.3 Å². The van der Waals surface area contributed by atoms with Crippen LogP contribution in [-0.4, -0.2) is 29.7 Å². The zero-order valence-electron chi connectivity index (χ0n) is 15.4. The molecule has 4 rings (SSSR count). The van der Waals surface area contributed by atoms with Gasteiger partial charge in [0.15, 0.2) is 22.7 Å². The van der Waals surface area contributed by atoms with Gasteiger partial charge >= 0.3 is 5.69 Å². The maximum absolute atomic E-state index is 12.4. The highest BCUT2D eigenvalue weighted by Gasteiger charge is 2.17. The normalized spacial score (nSPS) is 11.1. The summed E-state index contributed by atoms with van der Waals surface area (Å²) in [5, 5.41) is 7.03. The molecular formula is C18H15ClN6O4. The van der Waals surface area contributed by atoms with Crippen molar-refractivity contribution in [3.63, 3.8) is 0 Å². The highest BCUT2D eigenvalue weighted by atomic mass is 35.5. The van der Waals surface area contributed by atoms with Crippen LogP contribution in [0.25, 0.3) is 22.5 Å². The van der Waals surface area contributed by atoms with E-state index >= 15 is 0 Å². The van der Waals surface area contributed by atoms with Crippen molar-refractivity contribution in [3.05, 3.63) is 62.5 Å². The number of carbonyl (C=O) groups excluding carboxylic acids is 1. The molecule has 0 bridgehead atoms. The molecule has 3 aromatic heterocycles. The van der Waals surface area contributed by atoms with E-state index < -0.39 is 17.2 Å². The number of fused-ring (bicyclic) bond motifs is 1. The number of aromatic nitrogens is 5. The van der Waals surface area contributed by atoms with E-state index in [0.717, 1.165) is 10.1 Å². The Bertz CT molecular complexity index is 1350. The molecule has 0 saturated heterocycles. The van der Waals surface area contributed by atoms with Crippen LogP contribution >= 0.6 is 11.6 Å². The molecule has 3 heterocycles. The van der Waals surface area contributed by atoms with Gasteiger partial charge in [0.25, 0.3) is 5.56 Å². The van der Waals surface area contributed by atoms with Gasteiger partial charge in [-0.25, -0.2) is 9.78 Å². The number of hydrogen-bond donors (Lipinski definition) is 1. The molecule has 0 aliphatic heterocycles. The lowest BCUT2D eigenvalue weighted by Gasteiger charge is -2.06. The zero-order valence-corrected chi connectivity index (χ0v) is 16.2. The fourth-order valence-corrected chi connectivity index (χ4v) is 3.06. The van der Waals surface area contributed by atoms with Crippen LogP contribution in [0.2, 0.25) is 5.02 Å². The second-order valence-electron chi connectivity index (χ2n) is 6.38. The molecule has 1 amide bonds. The van der Waals surface area contributed by atoms with Crippen LogP contribution in [0.5, 0.6) is 0 Å². The number of nitrogens with zero attached hydrogens (tertiary/aromatic N) is 5. The maximum Gasteiger partial charge on any atom is 0.332 e. The van der Waals surface area contributed by atoms with Crippen molar-refractivity contribution in [1.29, 1.82) is 0 Å². The summed E-state index contributed by atoms with van der Waals surface area (Å²) in [6.07, 6.45) is 1.34. The number of nitrogens with one attached hydrogen (secondary N) is 1. The number of halogens is 1. The van der Waals surface area contributed by atoms with Gasteiger partial charge in [-0.3, -0.25) is 18.7 Å². The number of benzene rings is 1. The Kier molecular flexibility index (Phi) is 4.55. The van der Waals surface area contributed by atoms with Crippen LogP contribution in [0.3, 0.4) is 0 Å². The molecule has 1 N–H and O–H groups in total. The Morgan fingerprint density at radius 1 is 1.17 bits per heavy atom. The van der Waals surface area contributed by atoms with E-state index in [2.05, 4.69) is 15.5 Å². The summed E-state index contributed by atoms with van der Waals surface area (Å²) in [4.78, 5) is 40.9. The van der Waals surface area contributed by atoms with E-state index in [9.17, 15) is 14.4 Å². The van der Waals surface area contributed by atoms with Crippen LogP contribution in [0.15, 0.2) is 50.8 Å². The van der Waals surface area contributed by atoms with Crippen molar-refractivity contribution < 1.29 is 9.32 Å². The average molecular weight is 415 g/mol. The van der Waals surface area contributed by atoms with Gasteiger partial charge in [-0.15, -0.1) is 0 Å². The van der Waals surface area contributed by atoms with Gasteiger partial charge in [0.2, 0.25) is 5.91 Å². The van der Waals surface area contributed by atoms with Crippen LogP contribution < -0.4 is 16.6 Å². The Morgan fingerprint density at radius 3 is 2.62 bits per heavy atom. The number of amides is 1. The molecular weight excluding hydrogens is 400 g/mol. The van der Waals surface area contributed by atoms with E-state index in [1.807, 2.05) is 0 Å². The standard InChI is InChI=1S/C18H15ClN6O4/c1-23-16-15(17(27)24(2)18(23)28)25(9-20-16)8-14(26)21-13-7-12(29-22-13)10-3-5-11(19)6-4-10/h3-7,9H,8H2,1-2H3,(H,21,22,26). The third-order valence-electron chi connectivity index (χ3n) is 4.44. The molecule has 0 aliphatic rings. The number of hydrogen-bond acceptors (Lipinski definition) is 6. The number of aryl methyl sites for hydroxylation is 1. The quantitative estimate of drug-likeness (QED) is 0.539. The minimum atomic E-state index is -0.528. The summed E-state index contributed by atoms with van der Waals surface area (Å²) < 4.78 is 8.84. The lowest BCUT2D eigenvalue weighted by Crippen LogP contribution is -2.37. The fraction of sp³-hybridized carbons (Fsp3) is 0.167. The topological polar surface area (TPSA) is 117 Å². The first kappa shape index (κ1) is 18.7. The molecule has 29 heavy (non-hydrogen) atoms. The van der Waals surface area contributed by atoms with Gasteiger partial charge in [0.05, 0.1) is 6.33 Å². The molecule has 1 aromatic carbocycles. The van der Waals surface area contributed by atoms with Gasteiger partial charge in [-0.2, -0.15) is 0 Å². The summed E-state index contributed by atoms with van der Waals surface area (Å²) >= 11 is 5.87. The smallest absolute Gasteiger partial charge is 0.332 e. The van der Waals surface area contributed by atoms with Crippen LogP contribution in [0, 0.1) is 0 Å². The van der Waals surface area contributed by atoms with Crippen molar-refractivity contribution in [1.82, 2.24) is 23.8 Å². The molecule has 4 aromatic rings. The summed E-state index contributed by atoms with van der Waals surface area (Å²) in [5.41, 5.74) is 0.103. The number of anilines is 1. The van der Waals surface area contributed by atoms with E-state index in [-0.39, 0.29) is 23.5 Å². The van der Waals surface area contributed by atoms with E-state index in [1.54, 1.807) is 30.3 Å². The summed E-state index contributed by atoms with van der Waals surface area (Å²) in [6, 6.07) is 8.55. The fourth-order valence-electron chi connectivity index (χ4n) is 2.94. The first-order chi connectivity index (χ1) is 13.8. The molecule has 0 fully saturated rings. The molecule has 0 unspecified atom stereocenters. The minimum Gasteiger partial charge on any atom is -0.354 e. The number of rotatable bonds is 4. The van der Waals surface area contributed by atoms with Crippen LogP contribution in [0.1, 0.15) is 0 Å². The second-order valence-corrected chi connectivity index (χ2v) is 6.82. The minimum absolute atomic E-state index is 0.159. The van der Waals surface area contributed by atoms with Crippen molar-refractivity contribution in [2.24, 2.45) is 14.1 Å². The monoisotopic (exact) mass is 414 g/mol. The van der Waals surface area contributed by atoms with Crippen molar-refractivity contribution in [3.8, 4) is 11.3 Å². The number of carbonyl (C=O) groups is 1. The third-order valence-corrected chi connectivity index (χ3v) is 4.69. The van der Waals surface area contributed by atoms with Gasteiger partial charge in [0.1, 0.15) is 6.54 Å². The molecule has 0 saturated carbocycles. The van der Waals surface area contributed by atoms with E-state index in [4.69, 9.17) is 16.1 Å². The Labute approximate surface area is 167 Å². The van der Waals surface area contributed by atoms with E-state index in [1.165, 1.54) is 29.6 Å². The highest BCUT2D eigenvalue weighted by Crippen LogP contribution is 2.24. The van der Waals surface area contributed by atoms with Crippen LogP contribution in [-0.2, 0) is 25.4 Å². The summed E-state index contributed by atoms with van der Waals surface area (Å²) in [7, 11) is 2.88. The maximum atomic E-state index is 12.4. The summed E-state index contributed by atoms with van der Waals surface area (Å²) in [5.74, 6) is 0.259. The Hall–Kier alpha value is -3.66. The zero-order chi connectivity index (χ0) is 20.7. The first-order valence-corrected chi connectivity index (χ1v) is 8.86. The average Bonchev–Trinajstić information content (AvgIpc) is 3.32. The Morgan fingerprint density at radius 2 is 1.90 bits per heavy atom. The summed E-state index contributed by atoms with van der Waals surface area (Å²) in [6.45, 7) is -0.187. The Balaban J connectivity index is 1.56. The largest absolute Gasteiger partial charge is 0.354 e. The van der Waals surface area contributed by atoms with E-state index in [0.29, 0.717) is 10.8 Å². The highest BCUT2D eigenvalue weighted by molar-refractivity contribution is 6.30. The molecule has 0 atom stereocenters. The first-order valence-electron chi connectivity index (χ1n) is 8.48. The molecule has 10 nitrogen and oxygen atoms in total. The lowest BCUT2D eigenvalue weighted by atomic mass is 10.2. The predicted molar refractivity (Wildman–Crippen MR) is 106 cm³/mol. The SMILES string of the molecule is Cn1c(=O)c2c(ncn2CC(=O)Nc2cc(-c3ccc(Cl)cc3)on2)n(C)c1=O. The molecule has 0 radical (unpaired) electrons. The van der Waals surface area contributed by atoms with Gasteiger partial charge in [-0.1, -0.05) is 16.8 Å². The van der Waals surface area contributed by atoms with Crippen molar-refractivity contribution in [2.75, 3.05) is 5.32 Å². The lowest BCUT2D eigenvalue weighted by molar-refractivity contribution is -0.116. The van der Waals surface area contributed by atoms with Crippen molar-refractivity contribution in [2.45, 2.75) is 6.54 Å². The van der Waals surface area contributed by atoms with Crippen LogP contribution in [0.4, 0.5) is 5.82 Å². The number of imidazole rings is 1. The predicted octanol–water partition coefficient (Wildman–Crippen LogP) is 1.38. The molecule has 0 aliphatic carbocycles. The van der Waals surface area contributed by atoms with Gasteiger partial charge in [0, 0.05) is 30.7 Å². The molecule has 148 valence electrons. The van der Waals surface area contributed by atoms with Crippen molar-refractivity contribution >= 4 is 34.5 Å². The van der Waals surface area contributed by atoms with Gasteiger partial charge < -0.3 is 14.4 Å². The third kappa shape index (κ3) is 3.34.